The number of nitrogens with zero attached hydrogens (tertiary/aromatic N) is 1. The summed E-state index contributed by atoms with van der Waals surface area (Å²) in [4.78, 5) is 17.8. The molecule has 2 heterocycles. The van der Waals surface area contributed by atoms with Crippen molar-refractivity contribution in [1.29, 1.82) is 0 Å². The van der Waals surface area contributed by atoms with E-state index in [0.717, 1.165) is 5.39 Å². The molecule has 0 unspecified atom stereocenters. The monoisotopic (exact) mass is 380 g/mol. The zero-order valence-electron chi connectivity index (χ0n) is 15.6. The average Bonchev–Trinajstić information content (AvgIpc) is 2.74. The van der Waals surface area contributed by atoms with Crippen LogP contribution in [0.4, 0.5) is 10.1 Å². The number of halogens is 1. The Morgan fingerprint density at radius 3 is 2.68 bits per heavy atom. The Bertz CT molecular complexity index is 1020. The van der Waals surface area contributed by atoms with Crippen LogP contribution < -0.4 is 10.1 Å². The molecule has 1 saturated heterocycles. The van der Waals surface area contributed by atoms with Gasteiger partial charge in [-0.25, -0.2) is 4.39 Å². The molecule has 4 rings (SSSR count). The fourth-order valence-electron chi connectivity index (χ4n) is 3.85. The minimum absolute atomic E-state index is 0.240. The van der Waals surface area contributed by atoms with E-state index in [1.807, 2.05) is 6.07 Å². The summed E-state index contributed by atoms with van der Waals surface area (Å²) in [6, 6.07) is 13.7. The lowest BCUT2D eigenvalue weighted by Crippen LogP contribution is -2.45. The van der Waals surface area contributed by atoms with Crippen molar-refractivity contribution in [3.8, 4) is 5.75 Å². The first-order chi connectivity index (χ1) is 13.7. The molecule has 3 aromatic rings. The van der Waals surface area contributed by atoms with Crippen LogP contribution in [0.15, 0.2) is 54.7 Å². The molecule has 0 spiro atoms. The number of amides is 1. The van der Waals surface area contributed by atoms with Crippen molar-refractivity contribution in [2.75, 3.05) is 25.6 Å². The predicted molar refractivity (Wildman–Crippen MR) is 105 cm³/mol. The van der Waals surface area contributed by atoms with Crippen molar-refractivity contribution < 1.29 is 18.7 Å². The minimum Gasteiger partial charge on any atom is -0.494 e. The van der Waals surface area contributed by atoms with Gasteiger partial charge in [-0.2, -0.15) is 0 Å². The molecule has 28 heavy (non-hydrogen) atoms. The fourth-order valence-corrected chi connectivity index (χ4v) is 3.85. The van der Waals surface area contributed by atoms with E-state index >= 15 is 0 Å². The van der Waals surface area contributed by atoms with Crippen molar-refractivity contribution in [2.24, 2.45) is 0 Å². The summed E-state index contributed by atoms with van der Waals surface area (Å²) in [5.74, 6) is 0.0144. The zero-order chi connectivity index (χ0) is 19.6. The highest BCUT2D eigenvalue weighted by molar-refractivity contribution is 6.06. The third-order valence-electron chi connectivity index (χ3n) is 5.37. The molecule has 1 aliphatic heterocycles. The van der Waals surface area contributed by atoms with Gasteiger partial charge in [-0.15, -0.1) is 0 Å². The number of hydrogen-bond donors (Lipinski definition) is 1. The Balaban J connectivity index is 1.76. The van der Waals surface area contributed by atoms with Gasteiger partial charge < -0.3 is 14.8 Å². The Morgan fingerprint density at radius 2 is 1.93 bits per heavy atom. The number of methoxy groups -OCH3 is 1. The molecular weight excluding hydrogens is 359 g/mol. The number of anilines is 1. The molecule has 1 N–H and O–H groups in total. The van der Waals surface area contributed by atoms with Gasteiger partial charge in [0.2, 0.25) is 5.91 Å². The maximum atomic E-state index is 14.6. The van der Waals surface area contributed by atoms with Crippen molar-refractivity contribution >= 4 is 22.5 Å². The number of carbonyl (C=O) groups excluding carboxylic acids is 1. The first kappa shape index (κ1) is 18.4. The zero-order valence-corrected chi connectivity index (χ0v) is 15.6. The van der Waals surface area contributed by atoms with Crippen LogP contribution in [0.5, 0.6) is 5.75 Å². The molecule has 0 atom stereocenters. The van der Waals surface area contributed by atoms with Gasteiger partial charge in [0.05, 0.1) is 18.2 Å². The number of pyridine rings is 1. The Labute approximate surface area is 162 Å². The molecule has 0 bridgehead atoms. The van der Waals surface area contributed by atoms with E-state index in [1.54, 1.807) is 49.7 Å². The van der Waals surface area contributed by atoms with Gasteiger partial charge in [0.15, 0.2) is 0 Å². The van der Waals surface area contributed by atoms with Gasteiger partial charge >= 0.3 is 0 Å². The number of fused-ring (bicyclic) bond motifs is 1. The Hall–Kier alpha value is -2.99. The maximum Gasteiger partial charge on any atom is 0.235 e. The second-order valence-corrected chi connectivity index (χ2v) is 6.84. The highest BCUT2D eigenvalue weighted by Gasteiger charge is 2.43. The molecule has 0 radical (unpaired) electrons. The molecule has 1 aromatic heterocycles. The van der Waals surface area contributed by atoms with Crippen LogP contribution in [-0.4, -0.2) is 31.2 Å². The van der Waals surface area contributed by atoms with Gasteiger partial charge in [0.1, 0.15) is 17.1 Å². The molecular formula is C22H21FN2O3. The quantitative estimate of drug-likeness (QED) is 0.741. The summed E-state index contributed by atoms with van der Waals surface area (Å²) < 4.78 is 25.4. The van der Waals surface area contributed by atoms with E-state index in [-0.39, 0.29) is 11.7 Å². The second-order valence-electron chi connectivity index (χ2n) is 6.84. The largest absolute Gasteiger partial charge is 0.494 e. The van der Waals surface area contributed by atoms with Gasteiger partial charge in [0, 0.05) is 30.4 Å². The number of rotatable bonds is 4. The molecule has 0 saturated carbocycles. The minimum atomic E-state index is -0.974. The summed E-state index contributed by atoms with van der Waals surface area (Å²) in [5.41, 5.74) is 0.718. The topological polar surface area (TPSA) is 60.5 Å². The molecule has 0 aliphatic carbocycles. The molecule has 2 aromatic carbocycles. The van der Waals surface area contributed by atoms with Gasteiger partial charge in [-0.05, 0) is 43.2 Å². The van der Waals surface area contributed by atoms with E-state index in [4.69, 9.17) is 9.47 Å². The number of benzene rings is 2. The SMILES string of the molecule is COc1ccc(NC(=O)C2(c3ccccc3F)CCOCC2)c2cccnc12. The molecule has 1 amide bonds. The first-order valence-corrected chi connectivity index (χ1v) is 9.22. The third-order valence-corrected chi connectivity index (χ3v) is 5.37. The first-order valence-electron chi connectivity index (χ1n) is 9.22. The van der Waals surface area contributed by atoms with Crippen LogP contribution in [0.2, 0.25) is 0 Å². The van der Waals surface area contributed by atoms with Crippen molar-refractivity contribution in [3.05, 3.63) is 66.1 Å². The number of ether oxygens (including phenoxy) is 2. The lowest BCUT2D eigenvalue weighted by atomic mass is 9.73. The van der Waals surface area contributed by atoms with E-state index in [2.05, 4.69) is 10.3 Å². The van der Waals surface area contributed by atoms with Crippen LogP contribution in [0, 0.1) is 5.82 Å². The highest BCUT2D eigenvalue weighted by Crippen LogP contribution is 2.38. The summed E-state index contributed by atoms with van der Waals surface area (Å²) in [7, 11) is 1.58. The number of hydrogen-bond acceptors (Lipinski definition) is 4. The van der Waals surface area contributed by atoms with Gasteiger partial charge in [-0.3, -0.25) is 9.78 Å². The van der Waals surface area contributed by atoms with Crippen molar-refractivity contribution in [2.45, 2.75) is 18.3 Å². The van der Waals surface area contributed by atoms with Crippen LogP contribution in [0.3, 0.4) is 0 Å². The lowest BCUT2D eigenvalue weighted by Gasteiger charge is -2.36. The molecule has 144 valence electrons. The van der Waals surface area contributed by atoms with E-state index in [9.17, 15) is 9.18 Å². The standard InChI is InChI=1S/C22H21FN2O3/c1-27-19-9-8-18(15-5-4-12-24-20(15)19)25-21(26)22(10-13-28-14-11-22)16-6-2-3-7-17(16)23/h2-9,12H,10-11,13-14H2,1H3,(H,25,26). The summed E-state index contributed by atoms with van der Waals surface area (Å²) in [6.07, 6.45) is 2.52. The van der Waals surface area contributed by atoms with Crippen molar-refractivity contribution in [1.82, 2.24) is 4.98 Å². The Kier molecular flexibility index (Phi) is 4.96. The smallest absolute Gasteiger partial charge is 0.235 e. The van der Waals surface area contributed by atoms with E-state index in [0.29, 0.717) is 48.6 Å². The lowest BCUT2D eigenvalue weighted by molar-refractivity contribution is -0.125. The average molecular weight is 380 g/mol. The van der Waals surface area contributed by atoms with Crippen LogP contribution in [0.25, 0.3) is 10.9 Å². The number of nitrogens with one attached hydrogen (secondary N) is 1. The number of carbonyl (C=O) groups is 1. The van der Waals surface area contributed by atoms with Gasteiger partial charge in [0.25, 0.3) is 0 Å². The van der Waals surface area contributed by atoms with Gasteiger partial charge in [-0.1, -0.05) is 18.2 Å². The summed E-state index contributed by atoms with van der Waals surface area (Å²) >= 11 is 0. The normalized spacial score (nSPS) is 15.9. The fraction of sp³-hybridized carbons (Fsp3) is 0.273. The molecule has 6 heteroatoms. The van der Waals surface area contributed by atoms with Crippen LogP contribution in [0.1, 0.15) is 18.4 Å². The summed E-state index contributed by atoms with van der Waals surface area (Å²) in [6.45, 7) is 0.819. The number of aromatic nitrogens is 1. The van der Waals surface area contributed by atoms with Crippen molar-refractivity contribution in [3.63, 3.8) is 0 Å². The van der Waals surface area contributed by atoms with Crippen LogP contribution >= 0.6 is 0 Å². The Morgan fingerprint density at radius 1 is 1.14 bits per heavy atom. The summed E-state index contributed by atoms with van der Waals surface area (Å²) in [5, 5.41) is 3.79. The predicted octanol–water partition coefficient (Wildman–Crippen LogP) is 4.07. The van der Waals surface area contributed by atoms with E-state index in [1.165, 1.54) is 6.07 Å². The second kappa shape index (κ2) is 7.56. The molecule has 5 nitrogen and oxygen atoms in total. The maximum absolute atomic E-state index is 14.6. The molecule has 1 fully saturated rings. The third kappa shape index (κ3) is 3.10. The van der Waals surface area contributed by atoms with Crippen LogP contribution in [-0.2, 0) is 14.9 Å². The van der Waals surface area contributed by atoms with E-state index < -0.39 is 5.41 Å². The highest BCUT2D eigenvalue weighted by atomic mass is 19.1. The molecule has 1 aliphatic rings.